The molecule has 0 aromatic rings. The number of esters is 4. The smallest absolute Gasteiger partial charge is 0.341 e. The van der Waals surface area contributed by atoms with E-state index in [0.717, 1.165) is 6.92 Å². The molecule has 94 valence electrons. The fourth-order valence-corrected chi connectivity index (χ4v) is 0.626. The third kappa shape index (κ3) is 6.17. The summed E-state index contributed by atoms with van der Waals surface area (Å²) in [7, 11) is 0. The van der Waals surface area contributed by atoms with Gasteiger partial charge in [-0.1, -0.05) is 0 Å². The highest BCUT2D eigenvalue weighted by Gasteiger charge is 2.14. The Morgan fingerprint density at radius 1 is 1.00 bits per heavy atom. The van der Waals surface area contributed by atoms with E-state index < -0.39 is 37.1 Å². The minimum absolute atomic E-state index is 0.303. The van der Waals surface area contributed by atoms with Gasteiger partial charge in [0.1, 0.15) is 13.2 Å². The molecule has 0 heterocycles. The molecule has 0 rings (SSSR count). The molecule has 2 N–H and O–H groups in total. The quantitative estimate of drug-likeness (QED) is 0.333. The van der Waals surface area contributed by atoms with Crippen molar-refractivity contribution in [1.29, 1.82) is 0 Å². The molecule has 0 bridgehead atoms. The first-order chi connectivity index (χ1) is 7.90. The van der Waals surface area contributed by atoms with E-state index in [4.69, 9.17) is 10.2 Å². The molecule has 0 unspecified atom stereocenters. The van der Waals surface area contributed by atoms with E-state index in [9.17, 15) is 19.2 Å². The Morgan fingerprint density at radius 3 is 1.94 bits per heavy atom. The highest BCUT2D eigenvalue weighted by Crippen LogP contribution is 1.98. The molecule has 0 amide bonds. The molecular weight excluding hydrogens is 236 g/mol. The van der Waals surface area contributed by atoms with Gasteiger partial charge in [-0.05, 0) is 6.92 Å². The average Bonchev–Trinajstić information content (AvgIpc) is 2.28. The zero-order chi connectivity index (χ0) is 13.4. The van der Waals surface area contributed by atoms with Crippen molar-refractivity contribution in [1.82, 2.24) is 0 Å². The number of rotatable bonds is 4. The van der Waals surface area contributed by atoms with E-state index in [1.807, 2.05) is 0 Å². The Labute approximate surface area is 95.4 Å². The van der Waals surface area contributed by atoms with E-state index in [1.54, 1.807) is 0 Å². The van der Waals surface area contributed by atoms with Gasteiger partial charge in [0.25, 0.3) is 0 Å². The van der Waals surface area contributed by atoms with Crippen LogP contribution >= 0.6 is 0 Å². The SMILES string of the molecule is C/C(=C/C(=O)OC(=O)CO)C(=O)OC(=O)CO. The lowest BCUT2D eigenvalue weighted by molar-refractivity contribution is -0.161. The summed E-state index contributed by atoms with van der Waals surface area (Å²) in [5.74, 6) is -4.70. The first-order valence-corrected chi connectivity index (χ1v) is 4.30. The van der Waals surface area contributed by atoms with Crippen LogP contribution in [0.25, 0.3) is 0 Å². The number of hydrogen-bond donors (Lipinski definition) is 2. The van der Waals surface area contributed by atoms with Gasteiger partial charge >= 0.3 is 23.9 Å². The van der Waals surface area contributed by atoms with Crippen LogP contribution in [0.5, 0.6) is 0 Å². The summed E-state index contributed by atoms with van der Waals surface area (Å²) in [5, 5.41) is 16.6. The second-order valence-electron chi connectivity index (χ2n) is 2.70. The van der Waals surface area contributed by atoms with Crippen LogP contribution in [0.1, 0.15) is 6.92 Å². The van der Waals surface area contributed by atoms with Crippen LogP contribution in [0.3, 0.4) is 0 Å². The molecular formula is C9H10O8. The van der Waals surface area contributed by atoms with Gasteiger partial charge in [-0.15, -0.1) is 0 Å². The summed E-state index contributed by atoms with van der Waals surface area (Å²) in [6.07, 6.45) is 0.612. The third-order valence-corrected chi connectivity index (χ3v) is 1.34. The highest BCUT2D eigenvalue weighted by molar-refractivity contribution is 6.02. The molecule has 0 aliphatic rings. The van der Waals surface area contributed by atoms with Crippen LogP contribution in [0.15, 0.2) is 11.6 Å². The van der Waals surface area contributed by atoms with Crippen LogP contribution in [-0.4, -0.2) is 47.3 Å². The number of aliphatic hydroxyl groups is 2. The molecule has 0 fully saturated rings. The Balaban J connectivity index is 4.42. The van der Waals surface area contributed by atoms with Crippen LogP contribution in [0.2, 0.25) is 0 Å². The Kier molecular flexibility index (Phi) is 6.37. The summed E-state index contributed by atoms with van der Waals surface area (Å²) >= 11 is 0. The maximum Gasteiger partial charge on any atom is 0.341 e. The lowest BCUT2D eigenvalue weighted by atomic mass is 10.3. The van der Waals surface area contributed by atoms with E-state index in [0.29, 0.717) is 6.08 Å². The van der Waals surface area contributed by atoms with E-state index >= 15 is 0 Å². The van der Waals surface area contributed by atoms with Gasteiger partial charge in [0, 0.05) is 11.6 Å². The van der Waals surface area contributed by atoms with Gasteiger partial charge in [0.05, 0.1) is 0 Å². The first-order valence-electron chi connectivity index (χ1n) is 4.30. The van der Waals surface area contributed by atoms with Gasteiger partial charge in [0.15, 0.2) is 0 Å². The number of carbonyl (C=O) groups is 4. The standard InChI is InChI=1S/C9H10O8/c1-5(9(15)17-8(14)4-11)2-6(12)16-7(13)3-10/h2,10-11H,3-4H2,1H3/b5-2-. The average molecular weight is 246 g/mol. The van der Waals surface area contributed by atoms with Crippen molar-refractivity contribution in [2.45, 2.75) is 6.92 Å². The monoisotopic (exact) mass is 246 g/mol. The maximum atomic E-state index is 11.0. The molecule has 0 radical (unpaired) electrons. The number of ether oxygens (including phenoxy) is 2. The fraction of sp³-hybridized carbons (Fsp3) is 0.333. The van der Waals surface area contributed by atoms with Crippen LogP contribution in [0.4, 0.5) is 0 Å². The van der Waals surface area contributed by atoms with Crippen molar-refractivity contribution in [3.63, 3.8) is 0 Å². The predicted molar refractivity (Wildman–Crippen MR) is 50.1 cm³/mol. The van der Waals surface area contributed by atoms with Gasteiger partial charge < -0.3 is 19.7 Å². The molecule has 0 aromatic carbocycles. The number of hydrogen-bond acceptors (Lipinski definition) is 8. The van der Waals surface area contributed by atoms with Crippen molar-refractivity contribution in [3.8, 4) is 0 Å². The van der Waals surface area contributed by atoms with E-state index in [1.165, 1.54) is 0 Å². The predicted octanol–water partition coefficient (Wildman–Crippen LogP) is -1.94. The van der Waals surface area contributed by atoms with Crippen molar-refractivity contribution < 1.29 is 38.9 Å². The highest BCUT2D eigenvalue weighted by atomic mass is 16.6. The van der Waals surface area contributed by atoms with Gasteiger partial charge in [-0.3, -0.25) is 0 Å². The van der Waals surface area contributed by atoms with Gasteiger partial charge in [0.2, 0.25) is 0 Å². The van der Waals surface area contributed by atoms with E-state index in [2.05, 4.69) is 9.47 Å². The molecule has 0 saturated heterocycles. The summed E-state index contributed by atoms with van der Waals surface area (Å²) in [6, 6.07) is 0. The van der Waals surface area contributed by atoms with Crippen molar-refractivity contribution in [3.05, 3.63) is 11.6 Å². The Hall–Kier alpha value is -2.06. The normalized spacial score (nSPS) is 10.6. The van der Waals surface area contributed by atoms with Gasteiger partial charge in [-0.2, -0.15) is 0 Å². The Morgan fingerprint density at radius 2 is 1.47 bits per heavy atom. The molecule has 0 atom stereocenters. The minimum Gasteiger partial charge on any atom is -0.388 e. The zero-order valence-corrected chi connectivity index (χ0v) is 8.84. The van der Waals surface area contributed by atoms with Crippen LogP contribution < -0.4 is 0 Å². The van der Waals surface area contributed by atoms with E-state index in [-0.39, 0.29) is 5.57 Å². The lowest BCUT2D eigenvalue weighted by Gasteiger charge is -2.01. The van der Waals surface area contributed by atoms with Crippen LogP contribution in [0, 0.1) is 0 Å². The molecule has 17 heavy (non-hydrogen) atoms. The lowest BCUT2D eigenvalue weighted by Crippen LogP contribution is -2.18. The maximum absolute atomic E-state index is 11.0. The first kappa shape index (κ1) is 14.9. The van der Waals surface area contributed by atoms with Crippen LogP contribution in [-0.2, 0) is 28.7 Å². The largest absolute Gasteiger partial charge is 0.388 e. The number of carbonyl (C=O) groups excluding carboxylic acids is 4. The topological polar surface area (TPSA) is 127 Å². The molecule has 0 aliphatic carbocycles. The summed E-state index contributed by atoms with van der Waals surface area (Å²) < 4.78 is 8.06. The minimum atomic E-state index is -1.19. The molecule has 0 spiro atoms. The zero-order valence-electron chi connectivity index (χ0n) is 8.84. The second-order valence-corrected chi connectivity index (χ2v) is 2.70. The number of aliphatic hydroxyl groups excluding tert-OH is 2. The van der Waals surface area contributed by atoms with Crippen molar-refractivity contribution in [2.75, 3.05) is 13.2 Å². The molecule has 0 saturated carbocycles. The molecule has 0 aromatic heterocycles. The summed E-state index contributed by atoms with van der Waals surface area (Å²) in [4.78, 5) is 42.9. The van der Waals surface area contributed by atoms with Crippen molar-refractivity contribution in [2.24, 2.45) is 0 Å². The second kappa shape index (κ2) is 7.25. The third-order valence-electron chi connectivity index (χ3n) is 1.34. The summed E-state index contributed by atoms with van der Waals surface area (Å²) in [6.45, 7) is -0.823. The molecule has 8 heteroatoms. The Bertz CT molecular complexity index is 367. The summed E-state index contributed by atoms with van der Waals surface area (Å²) in [5.41, 5.74) is -0.303. The fourth-order valence-electron chi connectivity index (χ4n) is 0.626. The molecule has 8 nitrogen and oxygen atoms in total. The van der Waals surface area contributed by atoms with Crippen molar-refractivity contribution >= 4 is 23.9 Å². The van der Waals surface area contributed by atoms with Gasteiger partial charge in [-0.25, -0.2) is 19.2 Å². The molecule has 0 aliphatic heterocycles.